The summed E-state index contributed by atoms with van der Waals surface area (Å²) in [5.74, 6) is 0. The van der Waals surface area contributed by atoms with Crippen LogP contribution < -0.4 is 5.50 Å². The second-order valence-electron chi connectivity index (χ2n) is 9.80. The third kappa shape index (κ3) is 6.72. The molecule has 0 fully saturated rings. The topological polar surface area (TPSA) is 98.1 Å². The highest BCUT2D eigenvalue weighted by atomic mass is 31.3. The van der Waals surface area contributed by atoms with Crippen LogP contribution in [0.5, 0.6) is 0 Å². The van der Waals surface area contributed by atoms with Crippen molar-refractivity contribution in [1.29, 1.82) is 0 Å². The fourth-order valence-corrected chi connectivity index (χ4v) is 21.3. The Morgan fingerprint density at radius 1 is 0.529 bits per heavy atom. The van der Waals surface area contributed by atoms with Gasteiger partial charge in [0.1, 0.15) is 7.36 Å². The van der Waals surface area contributed by atoms with Crippen LogP contribution in [0.2, 0.25) is 0 Å². The number of hydrogen-bond donors (Lipinski definition) is 1. The Bertz CT molecular complexity index is 770. The van der Waals surface area contributed by atoms with Crippen LogP contribution >= 0.6 is 29.9 Å². The smallest absolute Gasteiger partial charge is 0.273 e. The molecule has 0 radical (unpaired) electrons. The van der Waals surface area contributed by atoms with E-state index in [4.69, 9.17) is 23.8 Å². The van der Waals surface area contributed by atoms with Crippen molar-refractivity contribution in [2.45, 2.75) is 19.5 Å². The van der Waals surface area contributed by atoms with Gasteiger partial charge in [-0.05, 0) is 98.7 Å². The zero-order valence-electron chi connectivity index (χ0n) is 24.9. The molecule has 0 amide bonds. The summed E-state index contributed by atoms with van der Waals surface area (Å²) in [5.41, 5.74) is 7.29. The quantitative estimate of drug-likeness (QED) is 0.359. The van der Waals surface area contributed by atoms with Crippen molar-refractivity contribution >= 4 is 29.9 Å². The summed E-state index contributed by atoms with van der Waals surface area (Å²) in [7, 11) is 20.2. The van der Waals surface area contributed by atoms with Gasteiger partial charge < -0.3 is 0 Å². The largest absolute Gasteiger partial charge is 0.305 e. The zero-order valence-corrected chi connectivity index (χ0v) is 28.4. The van der Waals surface area contributed by atoms with Gasteiger partial charge in [-0.3, -0.25) is 38.2 Å². The first kappa shape index (κ1) is 34.6. The first-order valence-electron chi connectivity index (χ1n) is 11.2. The molecule has 206 valence electrons. The van der Waals surface area contributed by atoms with E-state index < -0.39 is 29.9 Å². The van der Waals surface area contributed by atoms with E-state index in [1.54, 1.807) is 7.05 Å². The Morgan fingerprint density at radius 3 is 1.09 bits per heavy atom. The average Bonchev–Trinajstić information content (AvgIpc) is 2.67. The minimum Gasteiger partial charge on any atom is -0.273 e. The highest BCUT2D eigenvalue weighted by molar-refractivity contribution is 7.81. The maximum Gasteiger partial charge on any atom is 0.305 e. The first-order valence-corrected chi connectivity index (χ1v) is 17.8. The molecule has 0 aliphatic rings. The number of nitrogens with zero attached hydrogens (tertiary/aromatic N) is 11. The van der Waals surface area contributed by atoms with E-state index in [0.29, 0.717) is 0 Å². The summed E-state index contributed by atoms with van der Waals surface area (Å²) in [6.07, 6.45) is 0. The van der Waals surface area contributed by atoms with Gasteiger partial charge in [0.25, 0.3) is 0 Å². The Balaban J connectivity index is 8.53. The van der Waals surface area contributed by atoms with Crippen LogP contribution in [-0.2, 0) is 0 Å². The SMILES string of the molecule is CN=P(N=P(N)(N(C)C)N(C)C)(N=P(C(C)C)(N(C)C)N(C)C)N=P(N(C)C)(N(C)C)N(C)C. The average molecular weight is 563 g/mol. The Morgan fingerprint density at radius 2 is 0.882 bits per heavy atom. The zero-order chi connectivity index (χ0) is 27.4. The van der Waals surface area contributed by atoms with Crippen molar-refractivity contribution in [3.8, 4) is 0 Å². The summed E-state index contributed by atoms with van der Waals surface area (Å²) in [6, 6.07) is 0. The van der Waals surface area contributed by atoms with Crippen LogP contribution in [0.4, 0.5) is 0 Å². The molecule has 0 aromatic heterocycles. The van der Waals surface area contributed by atoms with E-state index in [9.17, 15) is 0 Å². The van der Waals surface area contributed by atoms with E-state index in [1.165, 1.54) is 0 Å². The predicted molar refractivity (Wildman–Crippen MR) is 158 cm³/mol. The molecule has 1 unspecified atom stereocenters. The van der Waals surface area contributed by atoms with Crippen molar-refractivity contribution in [3.63, 3.8) is 0 Å². The molecule has 12 nitrogen and oxygen atoms in total. The van der Waals surface area contributed by atoms with Gasteiger partial charge in [-0.1, -0.05) is 13.8 Å². The molecule has 0 aromatic rings. The third-order valence-corrected chi connectivity index (χ3v) is 21.5. The maximum atomic E-state index is 7.04. The van der Waals surface area contributed by atoms with Crippen LogP contribution in [0.1, 0.15) is 13.8 Å². The molecule has 0 saturated carbocycles. The van der Waals surface area contributed by atoms with Crippen molar-refractivity contribution in [1.82, 2.24) is 32.7 Å². The molecule has 0 saturated heterocycles. The van der Waals surface area contributed by atoms with Crippen LogP contribution in [0.25, 0.3) is 0 Å². The normalized spacial score (nSPS) is 15.9. The molecule has 0 rings (SSSR count). The van der Waals surface area contributed by atoms with Gasteiger partial charge in [-0.25, -0.2) is 4.74 Å². The minimum atomic E-state index is -3.04. The molecular formula is C18H54N12P4. The monoisotopic (exact) mass is 562 g/mol. The van der Waals surface area contributed by atoms with Gasteiger partial charge in [0.05, 0.1) is 0 Å². The Labute approximate surface area is 211 Å². The van der Waals surface area contributed by atoms with Crippen LogP contribution in [0.3, 0.4) is 0 Å². The van der Waals surface area contributed by atoms with E-state index in [1.807, 2.05) is 37.5 Å². The lowest BCUT2D eigenvalue weighted by Crippen LogP contribution is -2.31. The number of rotatable bonds is 11. The molecule has 2 N–H and O–H groups in total. The summed E-state index contributed by atoms with van der Waals surface area (Å²) in [6.45, 7) is 4.44. The standard InChI is InChI=1S/C18H54N12P4/c1-18(2)31(24(4)5,25(6)7)21-33(20-3,22-32(19,26(8)9)27(10)11)23-34(28(12)13,29(14)15)30(16)17/h18H,19H2,1-17H3. The fraction of sp³-hybridized carbons (Fsp3) is 1.00. The maximum absolute atomic E-state index is 7.04. The highest BCUT2D eigenvalue weighted by Crippen LogP contribution is 2.76. The van der Waals surface area contributed by atoms with Crippen LogP contribution in [0, 0.1) is 0 Å². The summed E-state index contributed by atoms with van der Waals surface area (Å²) < 4.78 is 36.6. The third-order valence-electron chi connectivity index (χ3n) is 5.67. The Hall–Kier alpha value is 0.600. The Kier molecular flexibility index (Phi) is 13.1. The van der Waals surface area contributed by atoms with Gasteiger partial charge in [0.2, 0.25) is 0 Å². The van der Waals surface area contributed by atoms with E-state index in [0.717, 1.165) is 0 Å². The van der Waals surface area contributed by atoms with E-state index >= 15 is 0 Å². The molecule has 0 aromatic carbocycles. The predicted octanol–water partition coefficient (Wildman–Crippen LogP) is 4.78. The summed E-state index contributed by atoms with van der Waals surface area (Å²) in [4.78, 5) is 0. The van der Waals surface area contributed by atoms with Crippen molar-refractivity contribution < 1.29 is 0 Å². The molecule has 1 atom stereocenters. The molecule has 0 bridgehead atoms. The van der Waals surface area contributed by atoms with Gasteiger partial charge in [0, 0.05) is 12.7 Å². The minimum absolute atomic E-state index is 0.249. The molecule has 0 heterocycles. The lowest BCUT2D eigenvalue weighted by Gasteiger charge is -2.44. The summed E-state index contributed by atoms with van der Waals surface area (Å²) >= 11 is 0. The molecule has 0 spiro atoms. The van der Waals surface area contributed by atoms with Crippen molar-refractivity contribution in [3.05, 3.63) is 0 Å². The first-order chi connectivity index (χ1) is 15.2. The second-order valence-corrected chi connectivity index (χ2v) is 23.6. The van der Waals surface area contributed by atoms with E-state index in [-0.39, 0.29) is 5.66 Å². The number of nitrogens with two attached hydrogens (primary N) is 1. The molecule has 16 heteroatoms. The number of hydrogen-bond acceptors (Lipinski definition) is 1. The van der Waals surface area contributed by atoms with Crippen molar-refractivity contribution in [2.24, 2.45) is 23.8 Å². The van der Waals surface area contributed by atoms with Crippen LogP contribution in [-0.4, -0.2) is 144 Å². The second kappa shape index (κ2) is 12.9. The molecule has 34 heavy (non-hydrogen) atoms. The molecule has 0 aliphatic heterocycles. The lowest BCUT2D eigenvalue weighted by atomic mass is 10.6. The molecular weight excluding hydrogens is 508 g/mol. The van der Waals surface area contributed by atoms with Gasteiger partial charge in [-0.2, -0.15) is 13.5 Å². The fourth-order valence-electron chi connectivity index (χ4n) is 4.06. The van der Waals surface area contributed by atoms with Gasteiger partial charge >= 0.3 is 7.51 Å². The van der Waals surface area contributed by atoms with E-state index in [2.05, 4.69) is 108 Å². The highest BCUT2D eigenvalue weighted by Gasteiger charge is 2.39. The van der Waals surface area contributed by atoms with Gasteiger partial charge in [-0.15, -0.1) is 0 Å². The molecule has 0 aliphatic carbocycles. The lowest BCUT2D eigenvalue weighted by molar-refractivity contribution is 0.475. The summed E-state index contributed by atoms with van der Waals surface area (Å²) in [5, 5.41) is 0. The van der Waals surface area contributed by atoms with Crippen molar-refractivity contribution in [2.75, 3.05) is 106 Å². The van der Waals surface area contributed by atoms with Gasteiger partial charge in [0.15, 0.2) is 15.0 Å². The van der Waals surface area contributed by atoms with Crippen LogP contribution in [0.15, 0.2) is 18.3 Å².